The minimum Gasteiger partial charge on any atom is -0.496 e. The van der Waals surface area contributed by atoms with Crippen molar-refractivity contribution in [3.05, 3.63) is 62.6 Å². The molecule has 0 N–H and O–H groups in total. The summed E-state index contributed by atoms with van der Waals surface area (Å²) >= 11 is 3.12. The summed E-state index contributed by atoms with van der Waals surface area (Å²) in [5, 5.41) is -0.277. The number of carbonyl (C=O) groups excluding carboxylic acids is 2. The molecule has 2 aromatic carbocycles. The van der Waals surface area contributed by atoms with E-state index in [9.17, 15) is 9.59 Å². The molecule has 7 heteroatoms. The smallest absolute Gasteiger partial charge is 0.293 e. The fourth-order valence-corrected chi connectivity index (χ4v) is 4.01. The molecule has 3 rings (SSSR count). The van der Waals surface area contributed by atoms with Crippen LogP contribution in [0.3, 0.4) is 0 Å². The number of para-hydroxylation sites is 1. The second-order valence-corrected chi connectivity index (χ2v) is 7.54. The van der Waals surface area contributed by atoms with Gasteiger partial charge >= 0.3 is 0 Å². The molecule has 0 spiro atoms. The molecule has 1 fully saturated rings. The van der Waals surface area contributed by atoms with Crippen molar-refractivity contribution in [2.24, 2.45) is 0 Å². The fraction of sp³-hybridized carbons (Fsp3) is 0.158. The summed E-state index contributed by atoms with van der Waals surface area (Å²) in [6.07, 6.45) is 1.73. The first-order valence-corrected chi connectivity index (χ1v) is 9.75. The van der Waals surface area contributed by atoms with Gasteiger partial charge in [-0.3, -0.25) is 14.5 Å². The molecule has 1 aliphatic heterocycles. The molecule has 1 aliphatic rings. The topological polar surface area (TPSA) is 55.8 Å². The first-order valence-electron chi connectivity index (χ1n) is 7.85. The fourth-order valence-electron chi connectivity index (χ4n) is 2.39. The van der Waals surface area contributed by atoms with Crippen LogP contribution in [-0.2, 0) is 4.79 Å². The van der Waals surface area contributed by atoms with Crippen LogP contribution in [0.2, 0.25) is 0 Å². The normalized spacial score (nSPS) is 15.6. The number of rotatable bonds is 6. The Morgan fingerprint density at radius 3 is 2.62 bits per heavy atom. The highest BCUT2D eigenvalue weighted by atomic mass is 127. The summed E-state index contributed by atoms with van der Waals surface area (Å²) in [7, 11) is 1.61. The predicted octanol–water partition coefficient (Wildman–Crippen LogP) is 4.42. The van der Waals surface area contributed by atoms with E-state index >= 15 is 0 Å². The van der Waals surface area contributed by atoms with E-state index in [1.165, 1.54) is 4.90 Å². The SMILES string of the molecule is COc1ccc(/C=C2\SC(=O)N(CCOc3ccccc3)C2=O)cc1I. The highest BCUT2D eigenvalue weighted by molar-refractivity contribution is 14.1. The van der Waals surface area contributed by atoms with E-state index in [2.05, 4.69) is 22.6 Å². The number of imide groups is 1. The van der Waals surface area contributed by atoms with E-state index in [1.807, 2.05) is 48.5 Å². The lowest BCUT2D eigenvalue weighted by molar-refractivity contribution is -0.123. The maximum absolute atomic E-state index is 12.5. The zero-order valence-corrected chi connectivity index (χ0v) is 17.0. The van der Waals surface area contributed by atoms with Crippen LogP contribution in [-0.4, -0.2) is 36.3 Å². The molecular weight excluding hydrogens is 465 g/mol. The standard InChI is InChI=1S/C19H16INO4S/c1-24-16-8-7-13(11-15(16)20)12-17-18(22)21(19(23)26-17)9-10-25-14-5-3-2-4-6-14/h2-8,11-12H,9-10H2,1H3/b17-12-. The van der Waals surface area contributed by atoms with Gasteiger partial charge in [-0.15, -0.1) is 0 Å². The molecule has 2 amide bonds. The van der Waals surface area contributed by atoms with E-state index in [4.69, 9.17) is 9.47 Å². The lowest BCUT2D eigenvalue weighted by atomic mass is 10.2. The van der Waals surface area contributed by atoms with E-state index < -0.39 is 0 Å². The van der Waals surface area contributed by atoms with Crippen molar-refractivity contribution in [3.63, 3.8) is 0 Å². The number of amides is 2. The monoisotopic (exact) mass is 481 g/mol. The summed E-state index contributed by atoms with van der Waals surface area (Å²) in [6.45, 7) is 0.479. The number of hydrogen-bond acceptors (Lipinski definition) is 5. The number of hydrogen-bond donors (Lipinski definition) is 0. The van der Waals surface area contributed by atoms with Gasteiger partial charge in [0.1, 0.15) is 18.1 Å². The molecule has 0 aromatic heterocycles. The second kappa shape index (κ2) is 8.59. The van der Waals surface area contributed by atoms with Crippen LogP contribution < -0.4 is 9.47 Å². The third kappa shape index (κ3) is 4.39. The summed E-state index contributed by atoms with van der Waals surface area (Å²) in [6, 6.07) is 14.9. The third-order valence-electron chi connectivity index (χ3n) is 3.67. The van der Waals surface area contributed by atoms with Crippen molar-refractivity contribution >= 4 is 51.6 Å². The number of benzene rings is 2. The summed E-state index contributed by atoms with van der Waals surface area (Å²) in [5.74, 6) is 1.19. The van der Waals surface area contributed by atoms with Crippen molar-refractivity contribution < 1.29 is 19.1 Å². The predicted molar refractivity (Wildman–Crippen MR) is 110 cm³/mol. The average Bonchev–Trinajstić information content (AvgIpc) is 2.90. The minimum absolute atomic E-state index is 0.219. The molecule has 134 valence electrons. The molecule has 0 saturated carbocycles. The second-order valence-electron chi connectivity index (χ2n) is 5.39. The van der Waals surface area contributed by atoms with Gasteiger partial charge < -0.3 is 9.47 Å². The molecule has 26 heavy (non-hydrogen) atoms. The third-order valence-corrected chi connectivity index (χ3v) is 5.42. The van der Waals surface area contributed by atoms with Gasteiger partial charge in [-0.05, 0) is 70.3 Å². The first-order chi connectivity index (χ1) is 12.6. The van der Waals surface area contributed by atoms with Gasteiger partial charge in [-0.25, -0.2) is 0 Å². The van der Waals surface area contributed by atoms with E-state index in [1.54, 1.807) is 13.2 Å². The Morgan fingerprint density at radius 2 is 1.92 bits per heavy atom. The van der Waals surface area contributed by atoms with Crippen molar-refractivity contribution in [1.82, 2.24) is 4.90 Å². The molecular formula is C19H16INO4S. The van der Waals surface area contributed by atoms with Gasteiger partial charge in [-0.2, -0.15) is 0 Å². The number of carbonyl (C=O) groups is 2. The van der Waals surface area contributed by atoms with Gasteiger partial charge in [0.25, 0.3) is 11.1 Å². The highest BCUT2D eigenvalue weighted by Crippen LogP contribution is 2.33. The Morgan fingerprint density at radius 1 is 1.15 bits per heavy atom. The van der Waals surface area contributed by atoms with Crippen LogP contribution in [0.5, 0.6) is 11.5 Å². The largest absolute Gasteiger partial charge is 0.496 e. The number of thioether (sulfide) groups is 1. The van der Waals surface area contributed by atoms with Gasteiger partial charge in [-0.1, -0.05) is 24.3 Å². The van der Waals surface area contributed by atoms with E-state index in [0.717, 1.165) is 26.6 Å². The molecule has 5 nitrogen and oxygen atoms in total. The Bertz CT molecular complexity index is 854. The van der Waals surface area contributed by atoms with Crippen LogP contribution in [0.4, 0.5) is 4.79 Å². The van der Waals surface area contributed by atoms with Gasteiger partial charge in [0, 0.05) is 0 Å². The lowest BCUT2D eigenvalue weighted by Gasteiger charge is -2.13. The van der Waals surface area contributed by atoms with Gasteiger partial charge in [0.05, 0.1) is 22.1 Å². The zero-order chi connectivity index (χ0) is 18.5. The Balaban J connectivity index is 1.65. The van der Waals surface area contributed by atoms with E-state index in [-0.39, 0.29) is 24.3 Å². The maximum Gasteiger partial charge on any atom is 0.293 e. The summed E-state index contributed by atoms with van der Waals surface area (Å²) in [5.41, 5.74) is 0.848. The van der Waals surface area contributed by atoms with Gasteiger partial charge in [0.15, 0.2) is 0 Å². The lowest BCUT2D eigenvalue weighted by Crippen LogP contribution is -2.32. The molecule has 0 aliphatic carbocycles. The first kappa shape index (κ1) is 18.8. The van der Waals surface area contributed by atoms with Crippen molar-refractivity contribution in [3.8, 4) is 11.5 Å². The molecule has 1 heterocycles. The molecule has 1 saturated heterocycles. The van der Waals surface area contributed by atoms with E-state index in [0.29, 0.717) is 10.7 Å². The molecule has 0 atom stereocenters. The number of nitrogens with zero attached hydrogens (tertiary/aromatic N) is 1. The van der Waals surface area contributed by atoms with Crippen molar-refractivity contribution in [1.29, 1.82) is 0 Å². The Hall–Kier alpha value is -2.00. The maximum atomic E-state index is 12.5. The highest BCUT2D eigenvalue weighted by Gasteiger charge is 2.34. The van der Waals surface area contributed by atoms with Crippen molar-refractivity contribution in [2.75, 3.05) is 20.3 Å². The number of methoxy groups -OCH3 is 1. The summed E-state index contributed by atoms with van der Waals surface area (Å²) < 4.78 is 11.7. The molecule has 0 unspecified atom stereocenters. The molecule has 2 aromatic rings. The van der Waals surface area contributed by atoms with Crippen LogP contribution >= 0.6 is 34.4 Å². The van der Waals surface area contributed by atoms with Crippen LogP contribution in [0.25, 0.3) is 6.08 Å². The minimum atomic E-state index is -0.289. The summed E-state index contributed by atoms with van der Waals surface area (Å²) in [4.78, 5) is 26.3. The van der Waals surface area contributed by atoms with Gasteiger partial charge in [0.2, 0.25) is 0 Å². The van der Waals surface area contributed by atoms with Crippen LogP contribution in [0.15, 0.2) is 53.4 Å². The molecule has 0 radical (unpaired) electrons. The average molecular weight is 481 g/mol. The van der Waals surface area contributed by atoms with Crippen LogP contribution in [0, 0.1) is 3.57 Å². The quantitative estimate of drug-likeness (QED) is 0.452. The Kier molecular flexibility index (Phi) is 6.20. The molecule has 0 bridgehead atoms. The van der Waals surface area contributed by atoms with Crippen LogP contribution in [0.1, 0.15) is 5.56 Å². The number of halogens is 1. The van der Waals surface area contributed by atoms with Crippen molar-refractivity contribution in [2.45, 2.75) is 0 Å². The number of ether oxygens (including phenoxy) is 2. The Labute approximate surface area is 169 Å². The zero-order valence-electron chi connectivity index (χ0n) is 14.0.